The SMILES string of the molecule is CN1CCC(N(C)c2ccc(NC(F)(F)F)cc2)CC1. The van der Waals surface area contributed by atoms with Gasteiger partial charge in [-0.1, -0.05) is 0 Å². The van der Waals surface area contributed by atoms with Crippen LogP contribution >= 0.6 is 0 Å². The zero-order valence-electron chi connectivity index (χ0n) is 11.7. The van der Waals surface area contributed by atoms with Crippen LogP contribution in [0.5, 0.6) is 0 Å². The highest BCUT2D eigenvalue weighted by Crippen LogP contribution is 2.25. The van der Waals surface area contributed by atoms with Crippen LogP contribution in [0, 0.1) is 0 Å². The maximum Gasteiger partial charge on any atom is 0.482 e. The number of piperidine rings is 1. The van der Waals surface area contributed by atoms with Crippen LogP contribution < -0.4 is 10.2 Å². The molecule has 0 unspecified atom stereocenters. The van der Waals surface area contributed by atoms with E-state index < -0.39 is 6.30 Å². The van der Waals surface area contributed by atoms with Gasteiger partial charge in [0.1, 0.15) is 0 Å². The molecule has 6 heteroatoms. The van der Waals surface area contributed by atoms with Gasteiger partial charge in [-0.25, -0.2) is 0 Å². The predicted molar refractivity (Wildman–Crippen MR) is 75.0 cm³/mol. The lowest BCUT2D eigenvalue weighted by atomic mass is 10.0. The zero-order chi connectivity index (χ0) is 14.8. The quantitative estimate of drug-likeness (QED) is 0.862. The molecule has 1 aliphatic rings. The van der Waals surface area contributed by atoms with E-state index in [1.54, 1.807) is 12.1 Å². The Hall–Kier alpha value is -1.43. The van der Waals surface area contributed by atoms with Crippen molar-refractivity contribution in [1.82, 2.24) is 4.90 Å². The molecule has 0 spiro atoms. The first-order valence-corrected chi connectivity index (χ1v) is 6.71. The summed E-state index contributed by atoms with van der Waals surface area (Å²) in [5, 5.41) is 1.51. The molecule has 3 nitrogen and oxygen atoms in total. The van der Waals surface area contributed by atoms with Crippen molar-refractivity contribution in [2.75, 3.05) is 37.4 Å². The molecule has 2 rings (SSSR count). The molecule has 1 aliphatic heterocycles. The van der Waals surface area contributed by atoms with Crippen molar-refractivity contribution in [3.8, 4) is 0 Å². The maximum atomic E-state index is 12.2. The second-order valence-corrected chi connectivity index (χ2v) is 5.31. The monoisotopic (exact) mass is 287 g/mol. The summed E-state index contributed by atoms with van der Waals surface area (Å²) in [5.74, 6) is 0. The largest absolute Gasteiger partial charge is 0.482 e. The number of rotatable bonds is 3. The molecule has 0 saturated carbocycles. The number of hydrogen-bond acceptors (Lipinski definition) is 3. The Bertz CT molecular complexity index is 422. The summed E-state index contributed by atoms with van der Waals surface area (Å²) >= 11 is 0. The zero-order valence-corrected chi connectivity index (χ0v) is 11.7. The maximum absolute atomic E-state index is 12.2. The Morgan fingerprint density at radius 2 is 1.70 bits per heavy atom. The Kier molecular flexibility index (Phi) is 4.42. The molecule has 1 heterocycles. The number of hydrogen-bond donors (Lipinski definition) is 1. The second-order valence-electron chi connectivity index (χ2n) is 5.31. The van der Waals surface area contributed by atoms with E-state index in [0.29, 0.717) is 6.04 Å². The van der Waals surface area contributed by atoms with E-state index in [1.807, 2.05) is 7.05 Å². The molecule has 0 aromatic heterocycles. The summed E-state index contributed by atoms with van der Waals surface area (Å²) in [6, 6.07) is 6.84. The van der Waals surface area contributed by atoms with Gasteiger partial charge in [0.05, 0.1) is 0 Å². The molecule has 1 fully saturated rings. The normalized spacial score (nSPS) is 18.1. The summed E-state index contributed by atoms with van der Waals surface area (Å²) in [6.07, 6.45) is -2.23. The van der Waals surface area contributed by atoms with Crippen LogP contribution in [0.3, 0.4) is 0 Å². The van der Waals surface area contributed by atoms with Gasteiger partial charge in [-0.3, -0.25) is 5.32 Å². The van der Waals surface area contributed by atoms with Crippen LogP contribution in [0.4, 0.5) is 24.5 Å². The standard InChI is InChI=1S/C14H20F3N3/c1-19-9-7-13(8-10-19)20(2)12-5-3-11(4-6-12)18-14(15,16)17/h3-6,13,18H,7-10H2,1-2H3. The van der Waals surface area contributed by atoms with Crippen LogP contribution in [-0.4, -0.2) is 44.4 Å². The first-order valence-electron chi connectivity index (χ1n) is 6.71. The van der Waals surface area contributed by atoms with Crippen LogP contribution in [0.1, 0.15) is 12.8 Å². The number of anilines is 2. The number of nitrogens with zero attached hydrogens (tertiary/aromatic N) is 2. The van der Waals surface area contributed by atoms with Gasteiger partial charge < -0.3 is 9.80 Å². The van der Waals surface area contributed by atoms with Gasteiger partial charge in [-0.05, 0) is 57.2 Å². The van der Waals surface area contributed by atoms with E-state index in [4.69, 9.17) is 0 Å². The highest BCUT2D eigenvalue weighted by Gasteiger charge is 2.27. The highest BCUT2D eigenvalue weighted by molar-refractivity contribution is 5.55. The smallest absolute Gasteiger partial charge is 0.372 e. The molecule has 0 bridgehead atoms. The molecule has 1 saturated heterocycles. The fraction of sp³-hybridized carbons (Fsp3) is 0.571. The lowest BCUT2D eigenvalue weighted by Crippen LogP contribution is -2.41. The van der Waals surface area contributed by atoms with Gasteiger partial charge in [0.15, 0.2) is 0 Å². The van der Waals surface area contributed by atoms with Crippen molar-refractivity contribution in [1.29, 1.82) is 0 Å². The fourth-order valence-electron chi connectivity index (χ4n) is 2.54. The van der Waals surface area contributed by atoms with Crippen LogP contribution in [0.2, 0.25) is 0 Å². The van der Waals surface area contributed by atoms with Gasteiger partial charge in [0, 0.05) is 24.5 Å². The van der Waals surface area contributed by atoms with Crippen molar-refractivity contribution in [3.05, 3.63) is 24.3 Å². The van der Waals surface area contributed by atoms with Crippen LogP contribution in [0.15, 0.2) is 24.3 Å². The third-order valence-corrected chi connectivity index (χ3v) is 3.80. The second kappa shape index (κ2) is 5.91. The highest BCUT2D eigenvalue weighted by atomic mass is 19.4. The van der Waals surface area contributed by atoms with Crippen molar-refractivity contribution in [3.63, 3.8) is 0 Å². The third-order valence-electron chi connectivity index (χ3n) is 3.80. The lowest BCUT2D eigenvalue weighted by Gasteiger charge is -2.36. The molecule has 20 heavy (non-hydrogen) atoms. The molecular weight excluding hydrogens is 267 g/mol. The fourth-order valence-corrected chi connectivity index (χ4v) is 2.54. The Morgan fingerprint density at radius 3 is 2.20 bits per heavy atom. The van der Waals surface area contributed by atoms with Crippen molar-refractivity contribution >= 4 is 11.4 Å². The Balaban J connectivity index is 1.98. The minimum atomic E-state index is -4.39. The van der Waals surface area contributed by atoms with Gasteiger partial charge in [-0.15, -0.1) is 0 Å². The van der Waals surface area contributed by atoms with E-state index in [9.17, 15) is 13.2 Å². The minimum Gasteiger partial charge on any atom is -0.372 e. The number of benzene rings is 1. The number of alkyl halides is 3. The summed E-state index contributed by atoms with van der Waals surface area (Å²) < 4.78 is 36.6. The van der Waals surface area contributed by atoms with Crippen molar-refractivity contribution in [2.24, 2.45) is 0 Å². The molecule has 112 valence electrons. The lowest BCUT2D eigenvalue weighted by molar-refractivity contribution is -0.0999. The van der Waals surface area contributed by atoms with Gasteiger partial charge >= 0.3 is 6.30 Å². The number of nitrogens with one attached hydrogen (secondary N) is 1. The number of halogens is 3. The Labute approximate surface area is 117 Å². The van der Waals surface area contributed by atoms with Crippen LogP contribution in [0.25, 0.3) is 0 Å². The minimum absolute atomic E-state index is 0.0676. The predicted octanol–water partition coefficient (Wildman–Crippen LogP) is 3.15. The molecule has 1 N–H and O–H groups in total. The molecule has 0 aliphatic carbocycles. The summed E-state index contributed by atoms with van der Waals surface area (Å²) in [4.78, 5) is 4.45. The van der Waals surface area contributed by atoms with Gasteiger partial charge in [0.2, 0.25) is 0 Å². The van der Waals surface area contributed by atoms with Gasteiger partial charge in [-0.2, -0.15) is 13.2 Å². The average Bonchev–Trinajstić information content (AvgIpc) is 2.38. The third kappa shape index (κ3) is 4.03. The first-order chi connectivity index (χ1) is 9.35. The van der Waals surface area contributed by atoms with E-state index >= 15 is 0 Å². The van der Waals surface area contributed by atoms with E-state index in [-0.39, 0.29) is 5.69 Å². The molecule has 0 atom stereocenters. The Morgan fingerprint density at radius 1 is 1.15 bits per heavy atom. The molecule has 0 amide bonds. The van der Waals surface area contributed by atoms with Crippen LogP contribution in [-0.2, 0) is 0 Å². The molecular formula is C14H20F3N3. The van der Waals surface area contributed by atoms with E-state index in [1.165, 1.54) is 17.4 Å². The number of likely N-dealkylation sites (tertiary alicyclic amines) is 1. The molecule has 1 aromatic carbocycles. The van der Waals surface area contributed by atoms with E-state index in [0.717, 1.165) is 31.6 Å². The summed E-state index contributed by atoms with van der Waals surface area (Å²) in [5.41, 5.74) is 1.02. The molecule has 1 aromatic rings. The topological polar surface area (TPSA) is 18.5 Å². The van der Waals surface area contributed by atoms with E-state index in [2.05, 4.69) is 16.8 Å². The van der Waals surface area contributed by atoms with Crippen molar-refractivity contribution in [2.45, 2.75) is 25.2 Å². The summed E-state index contributed by atoms with van der Waals surface area (Å²) in [7, 11) is 4.11. The molecule has 0 radical (unpaired) electrons. The summed E-state index contributed by atoms with van der Waals surface area (Å²) in [6.45, 7) is 2.12. The van der Waals surface area contributed by atoms with Gasteiger partial charge in [0.25, 0.3) is 0 Å². The first kappa shape index (κ1) is 15.0. The average molecular weight is 287 g/mol. The van der Waals surface area contributed by atoms with Crippen molar-refractivity contribution < 1.29 is 13.2 Å².